The maximum Gasteiger partial charge on any atom is 0.407 e. The third-order valence-corrected chi connectivity index (χ3v) is 9.68. The molecule has 62 heavy (non-hydrogen) atoms. The highest BCUT2D eigenvalue weighted by Crippen LogP contribution is 2.39. The highest BCUT2D eigenvalue weighted by molar-refractivity contribution is 5.91. The first-order chi connectivity index (χ1) is 28.4. The lowest BCUT2D eigenvalue weighted by Crippen LogP contribution is -2.44. The van der Waals surface area contributed by atoms with Crippen molar-refractivity contribution in [2.24, 2.45) is 0 Å². The first kappa shape index (κ1) is 47.8. The number of ketones is 2. The number of halogens is 8. The van der Waals surface area contributed by atoms with Crippen molar-refractivity contribution in [3.05, 3.63) is 154 Å². The van der Waals surface area contributed by atoms with Crippen LogP contribution in [0.2, 0.25) is 0 Å². The number of fused-ring (bicyclic) bond motifs is 2. The standard InChI is InChI=1S/C23H18F4N2O3.C21H16F4N2O2.CH4/c1-14(30)32-22(2,13-29-9-8-16-12-17(24)5-7-20(16)29)21(31)11-15-4-6-19(28-3)18(10-15)23(25,26)27;1-20(29,12-27-8-7-14-11-15(22)4-6-18(14)27)19(28)10-13-3-5-17(26-2)16(9-13)21(23,24)25;/h4-10,12H,11,13H2,1-2H3;3-9,11,29H,10,12H2,1H3;1H4/t22-;20-;/m00./s1. The van der Waals surface area contributed by atoms with E-state index in [-0.39, 0.29) is 31.6 Å². The molecule has 9 nitrogen and oxygen atoms in total. The van der Waals surface area contributed by atoms with Crippen molar-refractivity contribution in [2.75, 3.05) is 0 Å². The molecule has 0 aliphatic rings. The molecule has 0 saturated heterocycles. The van der Waals surface area contributed by atoms with E-state index >= 15 is 0 Å². The number of ether oxygens (including phenoxy) is 1. The summed E-state index contributed by atoms with van der Waals surface area (Å²) in [5, 5.41) is 11.8. The van der Waals surface area contributed by atoms with Crippen LogP contribution in [-0.2, 0) is 57.4 Å². The molecule has 0 aliphatic carbocycles. The zero-order valence-electron chi connectivity index (χ0n) is 32.5. The number of hydrogen-bond acceptors (Lipinski definition) is 5. The van der Waals surface area contributed by atoms with Crippen LogP contribution in [0, 0.1) is 24.8 Å². The van der Waals surface area contributed by atoms with Crippen molar-refractivity contribution in [1.29, 1.82) is 0 Å². The van der Waals surface area contributed by atoms with Gasteiger partial charge in [0, 0.05) is 54.0 Å². The molecule has 2 heterocycles. The Hall–Kier alpha value is -6.85. The average Bonchev–Trinajstić information content (AvgIpc) is 3.75. The number of rotatable bonds is 11. The van der Waals surface area contributed by atoms with Crippen molar-refractivity contribution in [3.63, 3.8) is 0 Å². The normalized spacial score (nSPS) is 13.4. The summed E-state index contributed by atoms with van der Waals surface area (Å²) in [6, 6.07) is 17.5. The molecule has 6 aromatic rings. The Morgan fingerprint density at radius 3 is 1.47 bits per heavy atom. The van der Waals surface area contributed by atoms with Gasteiger partial charge in [-0.3, -0.25) is 14.4 Å². The van der Waals surface area contributed by atoms with Crippen LogP contribution in [0.3, 0.4) is 0 Å². The van der Waals surface area contributed by atoms with Gasteiger partial charge in [0.15, 0.2) is 28.5 Å². The van der Waals surface area contributed by atoms with Gasteiger partial charge < -0.3 is 19.0 Å². The molecular formula is C45H38F8N4O5. The van der Waals surface area contributed by atoms with Crippen molar-refractivity contribution < 1.29 is 59.4 Å². The fourth-order valence-corrected chi connectivity index (χ4v) is 6.64. The summed E-state index contributed by atoms with van der Waals surface area (Å²) in [6.07, 6.45) is -7.15. The first-order valence-electron chi connectivity index (χ1n) is 18.1. The number of Topliss-reactive ketones (excluding diaryl/α,β-unsaturated/α-hetero) is 2. The van der Waals surface area contributed by atoms with Gasteiger partial charge in [-0.05, 0) is 73.5 Å². The Balaban J connectivity index is 0.000000269. The number of aliphatic hydroxyl groups is 1. The van der Waals surface area contributed by atoms with E-state index in [2.05, 4.69) is 9.69 Å². The van der Waals surface area contributed by atoms with E-state index in [1.807, 2.05) is 0 Å². The fraction of sp³-hybridized carbons (Fsp3) is 0.267. The molecule has 17 heteroatoms. The van der Waals surface area contributed by atoms with Gasteiger partial charge in [0.2, 0.25) is 0 Å². The molecule has 0 radical (unpaired) electrons. The Kier molecular flexibility index (Phi) is 14.2. The van der Waals surface area contributed by atoms with E-state index in [9.17, 15) is 54.6 Å². The van der Waals surface area contributed by atoms with Gasteiger partial charge in [-0.2, -0.15) is 26.3 Å². The largest absolute Gasteiger partial charge is 0.450 e. The number of hydrogen-bond donors (Lipinski definition) is 1. The Labute approximate surface area is 350 Å². The van der Waals surface area contributed by atoms with Gasteiger partial charge in [-0.15, -0.1) is 0 Å². The van der Waals surface area contributed by atoms with Crippen LogP contribution < -0.4 is 0 Å². The summed E-state index contributed by atoms with van der Waals surface area (Å²) in [5.74, 6) is -2.88. The zero-order chi connectivity index (χ0) is 45.1. The van der Waals surface area contributed by atoms with Crippen LogP contribution in [-0.4, -0.2) is 43.0 Å². The zero-order valence-corrected chi connectivity index (χ0v) is 32.5. The second-order valence-corrected chi connectivity index (χ2v) is 14.5. The maximum atomic E-state index is 13.5. The third kappa shape index (κ3) is 11.1. The van der Waals surface area contributed by atoms with Crippen molar-refractivity contribution in [2.45, 2.75) is 77.7 Å². The van der Waals surface area contributed by atoms with E-state index < -0.39 is 88.1 Å². The van der Waals surface area contributed by atoms with Gasteiger partial charge >= 0.3 is 18.3 Å². The highest BCUT2D eigenvalue weighted by atomic mass is 19.4. The number of esters is 1. The summed E-state index contributed by atoms with van der Waals surface area (Å²) in [4.78, 5) is 43.2. The molecule has 0 spiro atoms. The smallest absolute Gasteiger partial charge is 0.407 e. The Morgan fingerprint density at radius 2 is 1.06 bits per heavy atom. The van der Waals surface area contributed by atoms with Crippen LogP contribution in [0.25, 0.3) is 31.5 Å². The topological polar surface area (TPSA) is 99.2 Å². The molecule has 0 bridgehead atoms. The molecule has 2 aromatic heterocycles. The van der Waals surface area contributed by atoms with Crippen molar-refractivity contribution in [1.82, 2.24) is 9.13 Å². The number of carbonyl (C=O) groups excluding carboxylic acids is 3. The minimum Gasteiger partial charge on any atom is -0.450 e. The molecule has 0 amide bonds. The van der Waals surface area contributed by atoms with Gasteiger partial charge in [0.25, 0.3) is 0 Å². The molecule has 4 aromatic carbocycles. The molecule has 0 fully saturated rings. The molecule has 324 valence electrons. The lowest BCUT2D eigenvalue weighted by Gasteiger charge is -2.29. The van der Waals surface area contributed by atoms with Crippen molar-refractivity contribution in [3.8, 4) is 0 Å². The van der Waals surface area contributed by atoms with Crippen molar-refractivity contribution >= 4 is 50.7 Å². The first-order valence-corrected chi connectivity index (χ1v) is 18.1. The van der Waals surface area contributed by atoms with E-state index in [0.717, 1.165) is 31.2 Å². The lowest BCUT2D eigenvalue weighted by atomic mass is 9.93. The van der Waals surface area contributed by atoms with Crippen LogP contribution in [0.4, 0.5) is 46.5 Å². The predicted octanol–water partition coefficient (Wildman–Crippen LogP) is 11.0. The Morgan fingerprint density at radius 1 is 0.645 bits per heavy atom. The molecule has 1 N–H and O–H groups in total. The second-order valence-electron chi connectivity index (χ2n) is 14.5. The predicted molar refractivity (Wildman–Crippen MR) is 214 cm³/mol. The quantitative estimate of drug-likeness (QED) is 0.0794. The molecule has 0 unspecified atom stereocenters. The minimum absolute atomic E-state index is 0. The van der Waals surface area contributed by atoms with E-state index in [1.165, 1.54) is 62.4 Å². The highest BCUT2D eigenvalue weighted by Gasteiger charge is 2.39. The third-order valence-electron chi connectivity index (χ3n) is 9.68. The summed E-state index contributed by atoms with van der Waals surface area (Å²) in [7, 11) is 0. The fourth-order valence-electron chi connectivity index (χ4n) is 6.64. The van der Waals surface area contributed by atoms with E-state index in [4.69, 9.17) is 17.9 Å². The van der Waals surface area contributed by atoms with Crippen LogP contribution in [0.5, 0.6) is 0 Å². The van der Waals surface area contributed by atoms with Gasteiger partial charge in [-0.1, -0.05) is 43.8 Å². The molecule has 2 atom stereocenters. The number of nitrogens with zero attached hydrogens (tertiary/aromatic N) is 4. The molecule has 6 rings (SSSR count). The number of aromatic nitrogens is 2. The van der Waals surface area contributed by atoms with E-state index in [0.29, 0.717) is 21.8 Å². The van der Waals surface area contributed by atoms with Gasteiger partial charge in [0.1, 0.15) is 17.2 Å². The lowest BCUT2D eigenvalue weighted by molar-refractivity contribution is -0.165. The van der Waals surface area contributed by atoms with E-state index in [1.54, 1.807) is 33.7 Å². The average molecular weight is 867 g/mol. The Bertz CT molecular complexity index is 2740. The summed E-state index contributed by atoms with van der Waals surface area (Å²) in [5.41, 5.74) is -5.63. The minimum atomic E-state index is -4.75. The molecule has 0 saturated carbocycles. The second kappa shape index (κ2) is 18.4. The summed E-state index contributed by atoms with van der Waals surface area (Å²) < 4.78 is 114. The molecule has 0 aliphatic heterocycles. The van der Waals surface area contributed by atoms with Gasteiger partial charge in [0.05, 0.1) is 37.4 Å². The monoisotopic (exact) mass is 866 g/mol. The maximum absolute atomic E-state index is 13.5. The SMILES string of the molecule is C.[C-]#[N+]c1ccc(CC(=O)[C@@](C)(O)Cn2ccc3cc(F)ccc32)cc1C(F)(F)F.[C-]#[N+]c1ccc(CC(=O)[C@](C)(Cn2ccc3cc(F)ccc32)OC(C)=O)cc1C(F)(F)F. The van der Waals surface area contributed by atoms with Gasteiger partial charge in [-0.25, -0.2) is 18.5 Å². The summed E-state index contributed by atoms with van der Waals surface area (Å²) in [6.45, 7) is 17.3. The van der Waals surface area contributed by atoms with Crippen LogP contribution in [0.15, 0.2) is 97.3 Å². The summed E-state index contributed by atoms with van der Waals surface area (Å²) >= 11 is 0. The number of benzene rings is 4. The number of alkyl halides is 6. The van der Waals surface area contributed by atoms with Crippen LogP contribution in [0.1, 0.15) is 50.5 Å². The van der Waals surface area contributed by atoms with Crippen LogP contribution >= 0.6 is 0 Å². The molecular weight excluding hydrogens is 829 g/mol. The number of carbonyl (C=O) groups is 3.